The van der Waals surface area contributed by atoms with Crippen molar-refractivity contribution in [2.24, 2.45) is 7.05 Å². The molecule has 1 aromatic heterocycles. The molecule has 0 aliphatic heterocycles. The van der Waals surface area contributed by atoms with E-state index < -0.39 is 0 Å². The van der Waals surface area contributed by atoms with Gasteiger partial charge in [0.05, 0.1) is 5.02 Å². The van der Waals surface area contributed by atoms with E-state index in [2.05, 4.69) is 20.8 Å². The summed E-state index contributed by atoms with van der Waals surface area (Å²) in [6, 6.07) is 0. The molecule has 1 rings (SSSR count). The third-order valence-corrected chi connectivity index (χ3v) is 4.97. The summed E-state index contributed by atoms with van der Waals surface area (Å²) >= 11 is 6.26. The highest BCUT2D eigenvalue weighted by Crippen LogP contribution is 2.40. The Hall–Kier alpha value is -0.500. The highest BCUT2D eigenvalue weighted by molar-refractivity contribution is 6.31. The molecule has 0 spiro atoms. The van der Waals surface area contributed by atoms with Gasteiger partial charge in [-0.05, 0) is 23.8 Å². The number of unbranched alkanes of at least 4 members (excludes halogenated alkanes) is 5. The van der Waals surface area contributed by atoms with Crippen LogP contribution in [0.3, 0.4) is 0 Å². The van der Waals surface area contributed by atoms with Crippen LogP contribution in [0.1, 0.15) is 84.1 Å². The Morgan fingerprint density at radius 1 is 1.05 bits per heavy atom. The van der Waals surface area contributed by atoms with Crippen LogP contribution in [0.5, 0.6) is 0 Å². The molecule has 0 aromatic carbocycles. The number of rotatable bonds is 10. The summed E-state index contributed by atoms with van der Waals surface area (Å²) in [7, 11) is 1.73. The van der Waals surface area contributed by atoms with Gasteiger partial charge in [-0.25, -0.2) is 0 Å². The number of nitrogens with zero attached hydrogens (tertiary/aromatic N) is 1. The number of halogens is 2. The molecule has 0 N–H and O–H groups in total. The van der Waals surface area contributed by atoms with E-state index in [0.29, 0.717) is 5.02 Å². The van der Waals surface area contributed by atoms with E-state index in [0.717, 1.165) is 18.4 Å². The zero-order valence-electron chi connectivity index (χ0n) is 14.1. The summed E-state index contributed by atoms with van der Waals surface area (Å²) in [5.41, 5.74) is 0.999. The standard InChI is InChI=1S/C18H31ClFN/c1-5-7-9-11-13-18(3,12-10-8-6-2)15-14-21(4)17(20)16(15)19/h14H,5-13H2,1-4H3. The second kappa shape index (κ2) is 8.82. The predicted octanol–water partition coefficient (Wildman–Crippen LogP) is 6.63. The lowest BCUT2D eigenvalue weighted by molar-refractivity contribution is 0.365. The number of aromatic nitrogens is 1. The Bertz CT molecular complexity index is 427. The monoisotopic (exact) mass is 315 g/mol. The third-order valence-electron chi connectivity index (χ3n) is 4.61. The first kappa shape index (κ1) is 18.5. The summed E-state index contributed by atoms with van der Waals surface area (Å²) in [6.45, 7) is 6.70. The van der Waals surface area contributed by atoms with Crippen molar-refractivity contribution in [2.75, 3.05) is 0 Å². The highest BCUT2D eigenvalue weighted by atomic mass is 35.5. The van der Waals surface area contributed by atoms with Crippen molar-refractivity contribution < 1.29 is 4.39 Å². The second-order valence-corrected chi connectivity index (χ2v) is 6.96. The van der Waals surface area contributed by atoms with E-state index >= 15 is 0 Å². The van der Waals surface area contributed by atoms with Crippen LogP contribution >= 0.6 is 11.6 Å². The second-order valence-electron chi connectivity index (χ2n) is 6.59. The van der Waals surface area contributed by atoms with Crippen molar-refractivity contribution in [1.29, 1.82) is 0 Å². The van der Waals surface area contributed by atoms with E-state index in [1.165, 1.54) is 49.5 Å². The Balaban J connectivity index is 2.86. The summed E-state index contributed by atoms with van der Waals surface area (Å²) < 4.78 is 15.5. The minimum Gasteiger partial charge on any atom is -0.326 e. The first-order chi connectivity index (χ1) is 9.96. The van der Waals surface area contributed by atoms with Crippen LogP contribution < -0.4 is 0 Å². The lowest BCUT2D eigenvalue weighted by Gasteiger charge is -2.30. The quantitative estimate of drug-likeness (QED) is 0.427. The van der Waals surface area contributed by atoms with Crippen molar-refractivity contribution in [3.63, 3.8) is 0 Å². The largest absolute Gasteiger partial charge is 0.326 e. The Kier molecular flexibility index (Phi) is 7.79. The van der Waals surface area contributed by atoms with Gasteiger partial charge in [0.2, 0.25) is 5.95 Å². The van der Waals surface area contributed by atoms with Gasteiger partial charge in [-0.1, -0.05) is 77.3 Å². The summed E-state index contributed by atoms with van der Waals surface area (Å²) in [6.07, 6.45) is 12.7. The van der Waals surface area contributed by atoms with Crippen molar-refractivity contribution in [2.45, 2.75) is 84.0 Å². The molecule has 0 bridgehead atoms. The molecule has 1 atom stereocenters. The van der Waals surface area contributed by atoms with Gasteiger partial charge in [-0.3, -0.25) is 0 Å². The van der Waals surface area contributed by atoms with Crippen LogP contribution in [0.25, 0.3) is 0 Å². The molecule has 0 saturated heterocycles. The van der Waals surface area contributed by atoms with Gasteiger partial charge in [0, 0.05) is 13.2 Å². The number of aryl methyl sites for hydroxylation is 1. The van der Waals surface area contributed by atoms with E-state index in [4.69, 9.17) is 11.6 Å². The van der Waals surface area contributed by atoms with Crippen molar-refractivity contribution >= 4 is 11.6 Å². The zero-order chi connectivity index (χ0) is 15.9. The van der Waals surface area contributed by atoms with Crippen molar-refractivity contribution in [3.05, 3.63) is 22.7 Å². The third kappa shape index (κ3) is 5.02. The van der Waals surface area contributed by atoms with Crippen LogP contribution in [0.15, 0.2) is 6.20 Å². The Labute approximate surface area is 134 Å². The van der Waals surface area contributed by atoms with Crippen molar-refractivity contribution in [1.82, 2.24) is 4.57 Å². The SMILES string of the molecule is CCCCCCC(C)(CCCCC)c1cn(C)c(F)c1Cl. The molecule has 3 heteroatoms. The minimum absolute atomic E-state index is 0.00208. The first-order valence-electron chi connectivity index (χ1n) is 8.47. The van der Waals surface area contributed by atoms with Gasteiger partial charge in [-0.2, -0.15) is 4.39 Å². The lowest BCUT2D eigenvalue weighted by Crippen LogP contribution is -2.22. The zero-order valence-corrected chi connectivity index (χ0v) is 14.9. The van der Waals surface area contributed by atoms with Crippen LogP contribution in [-0.4, -0.2) is 4.57 Å². The first-order valence-corrected chi connectivity index (χ1v) is 8.84. The van der Waals surface area contributed by atoms with Crippen LogP contribution in [0.4, 0.5) is 4.39 Å². The fraction of sp³-hybridized carbons (Fsp3) is 0.778. The maximum Gasteiger partial charge on any atom is 0.212 e. The van der Waals surface area contributed by atoms with Crippen LogP contribution in [0.2, 0.25) is 5.02 Å². The van der Waals surface area contributed by atoms with E-state index in [1.807, 2.05) is 6.20 Å². The molecule has 1 unspecified atom stereocenters. The maximum atomic E-state index is 13.9. The topological polar surface area (TPSA) is 4.93 Å². The van der Waals surface area contributed by atoms with Gasteiger partial charge < -0.3 is 4.57 Å². The molecule has 1 nitrogen and oxygen atoms in total. The fourth-order valence-corrected chi connectivity index (χ4v) is 3.51. The normalized spacial score (nSPS) is 14.4. The summed E-state index contributed by atoms with van der Waals surface area (Å²) in [5.74, 6) is -0.304. The molecular weight excluding hydrogens is 285 g/mol. The fourth-order valence-electron chi connectivity index (χ4n) is 3.10. The van der Waals surface area contributed by atoms with Crippen LogP contribution in [-0.2, 0) is 12.5 Å². The molecule has 0 amide bonds. The number of hydrogen-bond donors (Lipinski definition) is 0. The molecular formula is C18H31ClFN. The van der Waals surface area contributed by atoms with E-state index in [9.17, 15) is 4.39 Å². The predicted molar refractivity (Wildman–Crippen MR) is 90.6 cm³/mol. The average Bonchev–Trinajstić information content (AvgIpc) is 2.72. The smallest absolute Gasteiger partial charge is 0.212 e. The van der Waals surface area contributed by atoms with Gasteiger partial charge in [-0.15, -0.1) is 0 Å². The van der Waals surface area contributed by atoms with Gasteiger partial charge in [0.25, 0.3) is 0 Å². The molecule has 1 aromatic rings. The number of hydrogen-bond acceptors (Lipinski definition) is 0. The molecule has 0 aliphatic carbocycles. The molecule has 0 fully saturated rings. The Morgan fingerprint density at radius 2 is 1.57 bits per heavy atom. The summed E-state index contributed by atoms with van der Waals surface area (Å²) in [4.78, 5) is 0. The Morgan fingerprint density at radius 3 is 2.05 bits per heavy atom. The summed E-state index contributed by atoms with van der Waals surface area (Å²) in [5, 5.41) is 0.326. The molecule has 21 heavy (non-hydrogen) atoms. The van der Waals surface area contributed by atoms with E-state index in [-0.39, 0.29) is 11.4 Å². The van der Waals surface area contributed by atoms with Gasteiger partial charge in [0.15, 0.2) is 0 Å². The molecule has 0 radical (unpaired) electrons. The molecule has 0 aliphatic rings. The van der Waals surface area contributed by atoms with Crippen molar-refractivity contribution in [3.8, 4) is 0 Å². The lowest BCUT2D eigenvalue weighted by atomic mass is 9.75. The molecule has 122 valence electrons. The van der Waals surface area contributed by atoms with E-state index in [1.54, 1.807) is 7.05 Å². The minimum atomic E-state index is -0.304. The molecule has 1 heterocycles. The van der Waals surface area contributed by atoms with Gasteiger partial charge >= 0.3 is 0 Å². The van der Waals surface area contributed by atoms with Gasteiger partial charge in [0.1, 0.15) is 0 Å². The maximum absolute atomic E-state index is 13.9. The average molecular weight is 316 g/mol. The van der Waals surface area contributed by atoms with Crippen LogP contribution in [0, 0.1) is 5.95 Å². The highest BCUT2D eigenvalue weighted by Gasteiger charge is 2.31. The molecule has 0 saturated carbocycles.